The van der Waals surface area contributed by atoms with Gasteiger partial charge in [0.15, 0.2) is 11.5 Å². The van der Waals surface area contributed by atoms with E-state index in [0.717, 1.165) is 24.2 Å². The topological polar surface area (TPSA) is 95.8 Å². The van der Waals surface area contributed by atoms with Gasteiger partial charge in [0.25, 0.3) is 5.91 Å². The summed E-state index contributed by atoms with van der Waals surface area (Å²) in [5.74, 6) is -0.137. The molecule has 1 spiro atoms. The van der Waals surface area contributed by atoms with Crippen LogP contribution < -0.4 is 5.32 Å². The van der Waals surface area contributed by atoms with Crippen LogP contribution in [0.15, 0.2) is 22.6 Å². The van der Waals surface area contributed by atoms with E-state index in [-0.39, 0.29) is 12.5 Å². The first-order valence-electron chi connectivity index (χ1n) is 9.17. The highest BCUT2D eigenvalue weighted by atomic mass is 16.3. The summed E-state index contributed by atoms with van der Waals surface area (Å²) < 4.78 is 5.46. The molecule has 2 fully saturated rings. The Labute approximate surface area is 156 Å². The van der Waals surface area contributed by atoms with Gasteiger partial charge in [-0.2, -0.15) is 0 Å². The molecule has 1 aromatic carbocycles. The fourth-order valence-corrected chi connectivity index (χ4v) is 4.13. The van der Waals surface area contributed by atoms with Gasteiger partial charge in [-0.3, -0.25) is 14.5 Å². The summed E-state index contributed by atoms with van der Waals surface area (Å²) in [6.45, 7) is 1.46. The van der Waals surface area contributed by atoms with E-state index in [1.54, 1.807) is 32.2 Å². The van der Waals surface area contributed by atoms with Gasteiger partial charge in [0.05, 0.1) is 0 Å². The number of aryl methyl sites for hydroxylation is 1. The Hall–Kier alpha value is -2.90. The van der Waals surface area contributed by atoms with E-state index in [2.05, 4.69) is 10.3 Å². The molecule has 0 atom stereocenters. The lowest BCUT2D eigenvalue weighted by molar-refractivity contribution is -0.136. The van der Waals surface area contributed by atoms with Crippen LogP contribution in [0.4, 0.5) is 10.5 Å². The fraction of sp³-hybridized carbons (Fsp3) is 0.474. The van der Waals surface area contributed by atoms with Gasteiger partial charge in [-0.25, -0.2) is 9.78 Å². The van der Waals surface area contributed by atoms with E-state index in [4.69, 9.17) is 4.42 Å². The standard InChI is InChI=1S/C19H22N4O4/c1-12-20-14-7-6-13(10-15(14)27-12)21-16(24)11-23-17(25)19(22(2)18(23)26)8-4-3-5-9-19/h6-7,10H,3-5,8-9,11H2,1-2H3,(H,21,24). The van der Waals surface area contributed by atoms with E-state index >= 15 is 0 Å². The largest absolute Gasteiger partial charge is 0.441 e. The van der Waals surface area contributed by atoms with Crippen molar-refractivity contribution in [1.82, 2.24) is 14.8 Å². The van der Waals surface area contributed by atoms with Gasteiger partial charge < -0.3 is 14.6 Å². The molecule has 27 heavy (non-hydrogen) atoms. The van der Waals surface area contributed by atoms with E-state index in [1.165, 1.54) is 4.90 Å². The second-order valence-electron chi connectivity index (χ2n) is 7.29. The third-order valence-corrected chi connectivity index (χ3v) is 5.56. The second kappa shape index (κ2) is 6.37. The van der Waals surface area contributed by atoms with E-state index < -0.39 is 17.5 Å². The summed E-state index contributed by atoms with van der Waals surface area (Å²) in [7, 11) is 1.66. The van der Waals surface area contributed by atoms with E-state index in [0.29, 0.717) is 35.5 Å². The number of hydrogen-bond donors (Lipinski definition) is 1. The first-order valence-corrected chi connectivity index (χ1v) is 9.17. The molecule has 4 rings (SSSR count). The van der Waals surface area contributed by atoms with Crippen molar-refractivity contribution in [3.05, 3.63) is 24.1 Å². The highest BCUT2D eigenvalue weighted by Crippen LogP contribution is 2.39. The zero-order valence-corrected chi connectivity index (χ0v) is 15.4. The van der Waals surface area contributed by atoms with Crippen LogP contribution in [-0.2, 0) is 9.59 Å². The van der Waals surface area contributed by atoms with Crippen molar-refractivity contribution >= 4 is 34.6 Å². The van der Waals surface area contributed by atoms with E-state index in [1.807, 2.05) is 0 Å². The van der Waals surface area contributed by atoms with Crippen molar-refractivity contribution in [2.45, 2.75) is 44.6 Å². The lowest BCUT2D eigenvalue weighted by atomic mass is 9.81. The van der Waals surface area contributed by atoms with Crippen LogP contribution in [-0.4, -0.2) is 51.8 Å². The number of carbonyl (C=O) groups excluding carboxylic acids is 3. The number of rotatable bonds is 3. The maximum absolute atomic E-state index is 12.9. The Morgan fingerprint density at radius 2 is 2.00 bits per heavy atom. The van der Waals surface area contributed by atoms with Crippen molar-refractivity contribution in [3.8, 4) is 0 Å². The van der Waals surface area contributed by atoms with Crippen LogP contribution >= 0.6 is 0 Å². The Bertz CT molecular complexity index is 929. The highest BCUT2D eigenvalue weighted by molar-refractivity contribution is 6.10. The van der Waals surface area contributed by atoms with Gasteiger partial charge in [-0.05, 0) is 25.0 Å². The molecule has 2 heterocycles. The predicted molar refractivity (Wildman–Crippen MR) is 98.1 cm³/mol. The Morgan fingerprint density at radius 1 is 1.26 bits per heavy atom. The quantitative estimate of drug-likeness (QED) is 0.838. The van der Waals surface area contributed by atoms with Gasteiger partial charge in [0.1, 0.15) is 17.6 Å². The Balaban J connectivity index is 1.48. The third kappa shape index (κ3) is 2.85. The summed E-state index contributed by atoms with van der Waals surface area (Å²) >= 11 is 0. The third-order valence-electron chi connectivity index (χ3n) is 5.56. The highest BCUT2D eigenvalue weighted by Gasteiger charge is 2.55. The first-order chi connectivity index (χ1) is 12.9. The van der Waals surface area contributed by atoms with Gasteiger partial charge in [0.2, 0.25) is 5.91 Å². The molecule has 1 aromatic heterocycles. The minimum absolute atomic E-state index is 0.258. The van der Waals surface area contributed by atoms with Crippen molar-refractivity contribution in [2.75, 3.05) is 18.9 Å². The lowest BCUT2D eigenvalue weighted by Crippen LogP contribution is -2.49. The molecule has 1 aliphatic carbocycles. The average Bonchev–Trinajstić information content (AvgIpc) is 3.10. The smallest absolute Gasteiger partial charge is 0.327 e. The zero-order chi connectivity index (χ0) is 19.2. The maximum Gasteiger partial charge on any atom is 0.327 e. The summed E-state index contributed by atoms with van der Waals surface area (Å²) in [5.41, 5.74) is 1.03. The summed E-state index contributed by atoms with van der Waals surface area (Å²) in [5, 5.41) is 2.73. The zero-order valence-electron chi connectivity index (χ0n) is 15.4. The number of likely N-dealkylation sites (N-methyl/N-ethyl adjacent to an activating group) is 1. The van der Waals surface area contributed by atoms with Crippen molar-refractivity contribution in [3.63, 3.8) is 0 Å². The van der Waals surface area contributed by atoms with Gasteiger partial charge in [0, 0.05) is 25.7 Å². The minimum Gasteiger partial charge on any atom is -0.441 e. The average molecular weight is 370 g/mol. The van der Waals surface area contributed by atoms with Gasteiger partial charge in [-0.1, -0.05) is 19.3 Å². The first kappa shape index (κ1) is 17.5. The summed E-state index contributed by atoms with van der Waals surface area (Å²) in [4.78, 5) is 44.8. The Morgan fingerprint density at radius 3 is 2.74 bits per heavy atom. The van der Waals surface area contributed by atoms with Crippen LogP contribution in [0.25, 0.3) is 11.1 Å². The molecule has 0 radical (unpaired) electrons. The lowest BCUT2D eigenvalue weighted by Gasteiger charge is -2.35. The summed E-state index contributed by atoms with van der Waals surface area (Å²) in [6, 6.07) is 4.73. The summed E-state index contributed by atoms with van der Waals surface area (Å²) in [6.07, 6.45) is 4.22. The number of benzene rings is 1. The number of fused-ring (bicyclic) bond motifs is 1. The van der Waals surface area contributed by atoms with Crippen LogP contribution in [0.5, 0.6) is 0 Å². The second-order valence-corrected chi connectivity index (χ2v) is 7.29. The van der Waals surface area contributed by atoms with Crippen molar-refractivity contribution < 1.29 is 18.8 Å². The van der Waals surface area contributed by atoms with Crippen LogP contribution in [0.1, 0.15) is 38.0 Å². The number of amides is 4. The molecule has 8 nitrogen and oxygen atoms in total. The number of carbonyl (C=O) groups is 3. The van der Waals surface area contributed by atoms with Crippen LogP contribution in [0.2, 0.25) is 0 Å². The van der Waals surface area contributed by atoms with Crippen LogP contribution in [0.3, 0.4) is 0 Å². The number of aromatic nitrogens is 1. The maximum atomic E-state index is 12.9. The molecule has 1 aliphatic heterocycles. The fourth-order valence-electron chi connectivity index (χ4n) is 4.13. The normalized spacial score (nSPS) is 19.3. The van der Waals surface area contributed by atoms with Gasteiger partial charge >= 0.3 is 6.03 Å². The molecule has 4 amide bonds. The minimum atomic E-state index is -0.772. The Kier molecular flexibility index (Phi) is 4.13. The SMILES string of the molecule is Cc1nc2ccc(NC(=O)CN3C(=O)N(C)C4(CCCCC4)C3=O)cc2o1. The molecular formula is C19H22N4O4. The van der Waals surface area contributed by atoms with E-state index in [9.17, 15) is 14.4 Å². The molecule has 1 saturated heterocycles. The monoisotopic (exact) mass is 370 g/mol. The molecule has 0 bridgehead atoms. The molecule has 8 heteroatoms. The van der Waals surface area contributed by atoms with Gasteiger partial charge in [-0.15, -0.1) is 0 Å². The number of anilines is 1. The predicted octanol–water partition coefficient (Wildman–Crippen LogP) is 2.67. The number of imide groups is 1. The molecular weight excluding hydrogens is 348 g/mol. The molecule has 1 saturated carbocycles. The molecule has 2 aliphatic rings. The number of nitrogens with one attached hydrogen (secondary N) is 1. The number of urea groups is 1. The molecule has 1 N–H and O–H groups in total. The number of nitrogens with zero attached hydrogens (tertiary/aromatic N) is 3. The van der Waals surface area contributed by atoms with Crippen LogP contribution in [0, 0.1) is 6.92 Å². The molecule has 0 unspecified atom stereocenters. The number of hydrogen-bond acceptors (Lipinski definition) is 5. The molecule has 2 aromatic rings. The van der Waals surface area contributed by atoms with Crippen molar-refractivity contribution in [2.24, 2.45) is 0 Å². The number of oxazole rings is 1. The van der Waals surface area contributed by atoms with Crippen molar-refractivity contribution in [1.29, 1.82) is 0 Å². The molecule has 142 valence electrons.